The summed E-state index contributed by atoms with van der Waals surface area (Å²) in [6.07, 6.45) is 0.917. The van der Waals surface area contributed by atoms with Crippen LogP contribution in [-0.4, -0.2) is 74.6 Å². The Kier molecular flexibility index (Phi) is 5.69. The van der Waals surface area contributed by atoms with Gasteiger partial charge in [0, 0.05) is 62.6 Å². The van der Waals surface area contributed by atoms with Gasteiger partial charge in [-0.1, -0.05) is 6.07 Å². The summed E-state index contributed by atoms with van der Waals surface area (Å²) in [4.78, 5) is 30.6. The Labute approximate surface area is 180 Å². The van der Waals surface area contributed by atoms with Crippen LogP contribution in [0.5, 0.6) is 0 Å². The highest BCUT2D eigenvalue weighted by molar-refractivity contribution is 7.89. The average Bonchev–Trinajstić information content (AvgIpc) is 3.37. The fourth-order valence-corrected chi connectivity index (χ4v) is 5.62. The Balaban J connectivity index is 1.33. The summed E-state index contributed by atoms with van der Waals surface area (Å²) < 4.78 is 25.5. The number of sulfonamides is 1. The van der Waals surface area contributed by atoms with Gasteiger partial charge in [0.1, 0.15) is 0 Å². The Morgan fingerprint density at radius 1 is 1.00 bits per heavy atom. The second-order valence-corrected chi connectivity index (χ2v) is 11.0. The van der Waals surface area contributed by atoms with Gasteiger partial charge in [-0.3, -0.25) is 9.59 Å². The molecule has 9 heteroatoms. The lowest BCUT2D eigenvalue weighted by molar-refractivity contribution is -0.134. The summed E-state index contributed by atoms with van der Waals surface area (Å²) in [5.74, 6) is 0.490. The largest absolute Gasteiger partial charge is 0.339 e. The highest BCUT2D eigenvalue weighted by atomic mass is 32.2. The number of carbonyl (C=O) groups is 2. The van der Waals surface area contributed by atoms with Gasteiger partial charge in [0.15, 0.2) is 0 Å². The van der Waals surface area contributed by atoms with Crippen LogP contribution in [0.3, 0.4) is 0 Å². The van der Waals surface area contributed by atoms with Crippen LogP contribution in [0.25, 0.3) is 0 Å². The molecule has 1 aromatic heterocycles. The maximum Gasteiger partial charge on any atom is 0.253 e. The van der Waals surface area contributed by atoms with Gasteiger partial charge in [0.25, 0.3) is 5.91 Å². The molecule has 160 valence electrons. The van der Waals surface area contributed by atoms with Crippen molar-refractivity contribution in [1.82, 2.24) is 14.1 Å². The maximum absolute atomic E-state index is 12.8. The van der Waals surface area contributed by atoms with Crippen LogP contribution in [0.15, 0.2) is 46.7 Å². The molecule has 2 amide bonds. The third kappa shape index (κ3) is 4.01. The molecular formula is C21H25N3O4S2. The number of nitrogens with zero attached hydrogens (tertiary/aromatic N) is 3. The van der Waals surface area contributed by atoms with Crippen LogP contribution in [-0.2, 0) is 14.8 Å². The average molecular weight is 448 g/mol. The standard InChI is InChI=1S/C21H25N3O4S2/c1-22(2)30(27,28)16-7-5-15(6-8-16)20(25)23-9-11-24(12-10-23)21(26)18-14-17(18)19-4-3-13-29-19/h3-8,13,17-18H,9-12,14H2,1-2H3/t17-,18-/m0/s1. The summed E-state index contributed by atoms with van der Waals surface area (Å²) in [6, 6.07) is 10.1. The molecule has 1 saturated carbocycles. The van der Waals surface area contributed by atoms with Crippen molar-refractivity contribution in [1.29, 1.82) is 0 Å². The molecule has 0 unspecified atom stereocenters. The van der Waals surface area contributed by atoms with Crippen molar-refractivity contribution < 1.29 is 18.0 Å². The van der Waals surface area contributed by atoms with Gasteiger partial charge >= 0.3 is 0 Å². The molecule has 2 aromatic rings. The molecule has 0 bridgehead atoms. The first-order valence-corrected chi connectivity index (χ1v) is 12.2. The van der Waals surface area contributed by atoms with Crippen LogP contribution in [0.2, 0.25) is 0 Å². The molecule has 30 heavy (non-hydrogen) atoms. The van der Waals surface area contributed by atoms with Crippen LogP contribution >= 0.6 is 11.3 Å². The van der Waals surface area contributed by atoms with E-state index in [4.69, 9.17) is 0 Å². The third-order valence-corrected chi connectivity index (χ3v) is 8.61. The minimum Gasteiger partial charge on any atom is -0.339 e. The molecule has 0 radical (unpaired) electrons. The van der Waals surface area contributed by atoms with E-state index >= 15 is 0 Å². The maximum atomic E-state index is 12.8. The Bertz CT molecular complexity index is 1020. The molecule has 2 aliphatic rings. The van der Waals surface area contributed by atoms with E-state index in [1.165, 1.54) is 31.1 Å². The highest BCUT2D eigenvalue weighted by Gasteiger charge is 2.46. The second kappa shape index (κ2) is 8.13. The van der Waals surface area contributed by atoms with E-state index in [2.05, 4.69) is 6.07 Å². The van der Waals surface area contributed by atoms with E-state index in [1.807, 2.05) is 16.3 Å². The molecule has 1 aromatic carbocycles. The van der Waals surface area contributed by atoms with E-state index in [9.17, 15) is 18.0 Å². The first-order valence-electron chi connectivity index (χ1n) is 9.93. The highest BCUT2D eigenvalue weighted by Crippen LogP contribution is 2.50. The van der Waals surface area contributed by atoms with Crippen LogP contribution in [0, 0.1) is 5.92 Å². The fraction of sp³-hybridized carbons (Fsp3) is 0.429. The predicted octanol–water partition coefficient (Wildman–Crippen LogP) is 2.09. The summed E-state index contributed by atoms with van der Waals surface area (Å²) >= 11 is 1.70. The van der Waals surface area contributed by atoms with Gasteiger partial charge in [-0.15, -0.1) is 11.3 Å². The van der Waals surface area contributed by atoms with Crippen LogP contribution in [0.4, 0.5) is 0 Å². The lowest BCUT2D eigenvalue weighted by Gasteiger charge is -2.35. The predicted molar refractivity (Wildman–Crippen MR) is 115 cm³/mol. The van der Waals surface area contributed by atoms with Crippen molar-refractivity contribution in [3.63, 3.8) is 0 Å². The number of thiophene rings is 1. The number of rotatable bonds is 5. The lowest BCUT2D eigenvalue weighted by atomic mass is 10.1. The second-order valence-electron chi connectivity index (χ2n) is 7.89. The van der Waals surface area contributed by atoms with Gasteiger partial charge in [0.2, 0.25) is 15.9 Å². The van der Waals surface area contributed by atoms with Crippen LogP contribution in [0.1, 0.15) is 27.6 Å². The SMILES string of the molecule is CN(C)S(=O)(=O)c1ccc(C(=O)N2CCN(C(=O)[C@H]3C[C@@H]3c3cccs3)CC2)cc1. The molecular weight excluding hydrogens is 422 g/mol. The van der Waals surface area contributed by atoms with E-state index in [-0.39, 0.29) is 22.6 Å². The van der Waals surface area contributed by atoms with Crippen molar-refractivity contribution in [2.75, 3.05) is 40.3 Å². The normalized spacial score (nSPS) is 21.7. The monoisotopic (exact) mass is 447 g/mol. The summed E-state index contributed by atoms with van der Waals surface area (Å²) in [5, 5.41) is 2.04. The van der Waals surface area contributed by atoms with E-state index in [0.717, 1.165) is 10.7 Å². The quantitative estimate of drug-likeness (QED) is 0.703. The first kappa shape index (κ1) is 21.0. The van der Waals surface area contributed by atoms with Crippen molar-refractivity contribution in [2.45, 2.75) is 17.2 Å². The van der Waals surface area contributed by atoms with Crippen LogP contribution < -0.4 is 0 Å². The Morgan fingerprint density at radius 2 is 1.63 bits per heavy atom. The molecule has 2 atom stereocenters. The number of amides is 2. The topological polar surface area (TPSA) is 78.0 Å². The third-order valence-electron chi connectivity index (χ3n) is 5.77. The smallest absolute Gasteiger partial charge is 0.253 e. The van der Waals surface area contributed by atoms with Gasteiger partial charge in [-0.2, -0.15) is 0 Å². The summed E-state index contributed by atoms with van der Waals surface area (Å²) in [6.45, 7) is 2.04. The minimum absolute atomic E-state index is 0.0806. The molecule has 1 aliphatic carbocycles. The Morgan fingerprint density at radius 3 is 2.20 bits per heavy atom. The zero-order valence-electron chi connectivity index (χ0n) is 17.0. The number of carbonyl (C=O) groups excluding carboxylic acids is 2. The number of hydrogen-bond donors (Lipinski definition) is 0. The molecule has 0 N–H and O–H groups in total. The zero-order valence-corrected chi connectivity index (χ0v) is 18.7. The number of piperazine rings is 1. The number of hydrogen-bond acceptors (Lipinski definition) is 5. The summed E-state index contributed by atoms with van der Waals surface area (Å²) in [7, 11) is -0.576. The lowest BCUT2D eigenvalue weighted by Crippen LogP contribution is -2.51. The van der Waals surface area contributed by atoms with Crippen molar-refractivity contribution in [3.8, 4) is 0 Å². The van der Waals surface area contributed by atoms with E-state index < -0.39 is 10.0 Å². The van der Waals surface area contributed by atoms with Gasteiger partial charge in [-0.25, -0.2) is 12.7 Å². The van der Waals surface area contributed by atoms with Gasteiger partial charge in [-0.05, 0) is 42.1 Å². The molecule has 2 heterocycles. The van der Waals surface area contributed by atoms with E-state index in [1.54, 1.807) is 28.4 Å². The molecule has 0 spiro atoms. The number of benzene rings is 1. The molecule has 2 fully saturated rings. The zero-order chi connectivity index (χ0) is 21.5. The van der Waals surface area contributed by atoms with Gasteiger partial charge < -0.3 is 9.80 Å². The Hall–Kier alpha value is -2.23. The first-order chi connectivity index (χ1) is 14.3. The van der Waals surface area contributed by atoms with Crippen molar-refractivity contribution in [2.24, 2.45) is 5.92 Å². The molecule has 1 aliphatic heterocycles. The summed E-state index contributed by atoms with van der Waals surface area (Å²) in [5.41, 5.74) is 0.451. The van der Waals surface area contributed by atoms with Crippen molar-refractivity contribution >= 4 is 33.2 Å². The minimum atomic E-state index is -3.52. The van der Waals surface area contributed by atoms with Gasteiger partial charge in [0.05, 0.1) is 4.90 Å². The fourth-order valence-electron chi connectivity index (χ4n) is 3.81. The van der Waals surface area contributed by atoms with Crippen molar-refractivity contribution in [3.05, 3.63) is 52.2 Å². The molecule has 1 saturated heterocycles. The molecule has 4 rings (SSSR count). The molecule has 7 nitrogen and oxygen atoms in total. The van der Waals surface area contributed by atoms with E-state index in [0.29, 0.717) is 37.7 Å².